The second-order valence-corrected chi connectivity index (χ2v) is 9.71. The molecule has 0 saturated heterocycles. The van der Waals surface area contributed by atoms with Crippen molar-refractivity contribution in [1.29, 1.82) is 0 Å². The lowest BCUT2D eigenvalue weighted by Gasteiger charge is -2.04. The number of anilines is 2. The van der Waals surface area contributed by atoms with Crippen LogP contribution in [0.4, 0.5) is 10.1 Å². The van der Waals surface area contributed by atoms with Crippen LogP contribution in [0.3, 0.4) is 0 Å². The highest BCUT2D eigenvalue weighted by Gasteiger charge is 2.17. The molecular weight excluding hydrogens is 460 g/mol. The standard InChI is InChI=1S/C24H21ClN4OS2/c1-15(2)17-7-5-16(6-8-17)14-26-29-24-27-21(18-9-11-19(25)12-10-18)23(32-24)28-22(30)20-4-3-13-31-20/h3-15H,1-2H3,(H,27,29)(H,28,30)/b26-14-. The third-order valence-electron chi connectivity index (χ3n) is 4.69. The van der Waals surface area contributed by atoms with E-state index in [2.05, 4.69) is 46.8 Å². The smallest absolute Gasteiger partial charge is 0.266 e. The molecule has 0 atom stereocenters. The summed E-state index contributed by atoms with van der Waals surface area (Å²) in [5.41, 5.74) is 6.77. The van der Waals surface area contributed by atoms with Gasteiger partial charge in [-0.3, -0.25) is 10.2 Å². The molecule has 1 amide bonds. The number of aromatic nitrogens is 1. The molecule has 5 nitrogen and oxygen atoms in total. The molecule has 0 saturated carbocycles. The van der Waals surface area contributed by atoms with E-state index < -0.39 is 0 Å². The molecule has 2 aromatic heterocycles. The van der Waals surface area contributed by atoms with Gasteiger partial charge in [-0.05, 0) is 40.6 Å². The van der Waals surface area contributed by atoms with Gasteiger partial charge in [-0.15, -0.1) is 11.3 Å². The number of rotatable bonds is 7. The predicted octanol–water partition coefficient (Wildman–Crippen LogP) is 7.35. The Hall–Kier alpha value is -3.00. The molecule has 8 heteroatoms. The van der Waals surface area contributed by atoms with Crippen LogP contribution in [0.2, 0.25) is 5.02 Å². The van der Waals surface area contributed by atoms with Gasteiger partial charge < -0.3 is 5.32 Å². The molecule has 2 N–H and O–H groups in total. The molecule has 0 aliphatic heterocycles. The Bertz CT molecular complexity index is 1210. The van der Waals surface area contributed by atoms with Crippen molar-refractivity contribution in [2.75, 3.05) is 10.7 Å². The average molecular weight is 481 g/mol. The quantitative estimate of drug-likeness (QED) is 0.214. The SMILES string of the molecule is CC(C)c1ccc(/C=N\Nc2nc(-c3ccc(Cl)cc3)c(NC(=O)c3cccs3)s2)cc1. The molecule has 4 aromatic rings. The van der Waals surface area contributed by atoms with Crippen molar-refractivity contribution in [3.63, 3.8) is 0 Å². The van der Waals surface area contributed by atoms with E-state index in [9.17, 15) is 4.79 Å². The Morgan fingerprint density at radius 2 is 1.84 bits per heavy atom. The first-order chi connectivity index (χ1) is 15.5. The van der Waals surface area contributed by atoms with Crippen LogP contribution in [-0.4, -0.2) is 17.1 Å². The zero-order chi connectivity index (χ0) is 22.5. The maximum absolute atomic E-state index is 12.6. The number of thiophene rings is 1. The van der Waals surface area contributed by atoms with Crippen molar-refractivity contribution in [3.05, 3.63) is 87.1 Å². The summed E-state index contributed by atoms with van der Waals surface area (Å²) >= 11 is 8.75. The topological polar surface area (TPSA) is 66.4 Å². The number of nitrogens with zero attached hydrogens (tertiary/aromatic N) is 2. The van der Waals surface area contributed by atoms with Crippen LogP contribution in [0.25, 0.3) is 11.3 Å². The minimum atomic E-state index is -0.167. The third-order valence-corrected chi connectivity index (χ3v) is 6.69. The number of hydrazone groups is 1. The van der Waals surface area contributed by atoms with Gasteiger partial charge in [0.15, 0.2) is 0 Å². The summed E-state index contributed by atoms with van der Waals surface area (Å²) in [6.07, 6.45) is 1.75. The van der Waals surface area contributed by atoms with Crippen molar-refractivity contribution >= 4 is 56.5 Å². The molecule has 0 unspecified atom stereocenters. The second-order valence-electron chi connectivity index (χ2n) is 7.33. The Balaban J connectivity index is 1.55. The Morgan fingerprint density at radius 1 is 1.09 bits per heavy atom. The minimum absolute atomic E-state index is 0.167. The zero-order valence-electron chi connectivity index (χ0n) is 17.5. The highest BCUT2D eigenvalue weighted by Crippen LogP contribution is 2.36. The number of carbonyl (C=O) groups excluding carboxylic acids is 1. The van der Waals surface area contributed by atoms with Gasteiger partial charge in [-0.25, -0.2) is 4.98 Å². The van der Waals surface area contributed by atoms with E-state index in [1.807, 2.05) is 35.7 Å². The molecular formula is C24H21ClN4OS2. The van der Waals surface area contributed by atoms with Crippen molar-refractivity contribution in [2.45, 2.75) is 19.8 Å². The zero-order valence-corrected chi connectivity index (χ0v) is 19.9. The highest BCUT2D eigenvalue weighted by molar-refractivity contribution is 7.20. The monoisotopic (exact) mass is 480 g/mol. The molecule has 0 spiro atoms. The summed E-state index contributed by atoms with van der Waals surface area (Å²) in [6.45, 7) is 4.33. The first-order valence-electron chi connectivity index (χ1n) is 10.0. The van der Waals surface area contributed by atoms with Crippen LogP contribution in [0, 0.1) is 0 Å². The first kappa shape index (κ1) is 22.2. The number of benzene rings is 2. The summed E-state index contributed by atoms with van der Waals surface area (Å²) in [7, 11) is 0. The van der Waals surface area contributed by atoms with Crippen LogP contribution in [0.15, 0.2) is 71.1 Å². The van der Waals surface area contributed by atoms with E-state index in [1.54, 1.807) is 24.4 Å². The lowest BCUT2D eigenvalue weighted by molar-refractivity contribution is 0.103. The van der Waals surface area contributed by atoms with Crippen LogP contribution < -0.4 is 10.7 Å². The fourth-order valence-corrected chi connectivity index (χ4v) is 4.54. The van der Waals surface area contributed by atoms with Gasteiger partial charge in [0.1, 0.15) is 10.7 Å². The molecule has 0 aliphatic carbocycles. The van der Waals surface area contributed by atoms with Crippen LogP contribution in [-0.2, 0) is 0 Å². The van der Waals surface area contributed by atoms with Gasteiger partial charge in [-0.1, -0.05) is 79.2 Å². The van der Waals surface area contributed by atoms with Gasteiger partial charge in [0.25, 0.3) is 5.91 Å². The number of halogens is 1. The van der Waals surface area contributed by atoms with Crippen molar-refractivity contribution in [3.8, 4) is 11.3 Å². The number of thiazole rings is 1. The van der Waals surface area contributed by atoms with Crippen molar-refractivity contribution < 1.29 is 4.79 Å². The van der Waals surface area contributed by atoms with E-state index in [-0.39, 0.29) is 5.91 Å². The van der Waals surface area contributed by atoms with E-state index in [0.29, 0.717) is 31.6 Å². The molecule has 4 rings (SSSR count). The van der Waals surface area contributed by atoms with Crippen molar-refractivity contribution in [1.82, 2.24) is 4.98 Å². The molecule has 162 valence electrons. The molecule has 2 aromatic carbocycles. The molecule has 2 heterocycles. The number of amides is 1. The fourth-order valence-electron chi connectivity index (χ4n) is 2.96. The van der Waals surface area contributed by atoms with Crippen molar-refractivity contribution in [2.24, 2.45) is 5.10 Å². The van der Waals surface area contributed by atoms with Gasteiger partial charge in [0, 0.05) is 10.6 Å². The summed E-state index contributed by atoms with van der Waals surface area (Å²) in [4.78, 5) is 17.9. The Labute approximate surface area is 199 Å². The maximum atomic E-state index is 12.6. The van der Waals surface area contributed by atoms with Gasteiger partial charge in [0.05, 0.1) is 11.1 Å². The Kier molecular flexibility index (Phi) is 6.99. The molecule has 0 bridgehead atoms. The number of carbonyl (C=O) groups is 1. The number of nitrogens with one attached hydrogen (secondary N) is 2. The van der Waals surface area contributed by atoms with E-state index in [0.717, 1.165) is 11.1 Å². The minimum Gasteiger partial charge on any atom is -0.311 e. The largest absolute Gasteiger partial charge is 0.311 e. The van der Waals surface area contributed by atoms with E-state index in [4.69, 9.17) is 11.6 Å². The summed E-state index contributed by atoms with van der Waals surface area (Å²) in [5.74, 6) is 0.322. The van der Waals surface area contributed by atoms with Crippen LogP contribution in [0.1, 0.15) is 40.6 Å². The summed E-state index contributed by atoms with van der Waals surface area (Å²) < 4.78 is 0. The second kappa shape index (κ2) is 10.1. The number of hydrogen-bond acceptors (Lipinski definition) is 6. The predicted molar refractivity (Wildman–Crippen MR) is 137 cm³/mol. The molecule has 32 heavy (non-hydrogen) atoms. The fraction of sp³-hybridized carbons (Fsp3) is 0.125. The lowest BCUT2D eigenvalue weighted by atomic mass is 10.0. The van der Waals surface area contributed by atoms with Gasteiger partial charge in [-0.2, -0.15) is 5.10 Å². The maximum Gasteiger partial charge on any atom is 0.266 e. The Morgan fingerprint density at radius 3 is 2.50 bits per heavy atom. The normalized spacial score (nSPS) is 11.2. The summed E-state index contributed by atoms with van der Waals surface area (Å²) in [5, 5.41) is 11.0. The average Bonchev–Trinajstić information content (AvgIpc) is 3.45. The lowest BCUT2D eigenvalue weighted by Crippen LogP contribution is -2.09. The molecule has 0 fully saturated rings. The van der Waals surface area contributed by atoms with E-state index >= 15 is 0 Å². The first-order valence-corrected chi connectivity index (χ1v) is 12.1. The highest BCUT2D eigenvalue weighted by atomic mass is 35.5. The van der Waals surface area contributed by atoms with Crippen LogP contribution >= 0.6 is 34.3 Å². The number of hydrogen-bond donors (Lipinski definition) is 2. The van der Waals surface area contributed by atoms with Gasteiger partial charge >= 0.3 is 0 Å². The summed E-state index contributed by atoms with van der Waals surface area (Å²) in [6, 6.07) is 19.3. The third kappa shape index (κ3) is 5.43. The molecule has 0 aliphatic rings. The van der Waals surface area contributed by atoms with E-state index in [1.165, 1.54) is 28.2 Å². The molecule has 0 radical (unpaired) electrons. The van der Waals surface area contributed by atoms with Crippen LogP contribution in [0.5, 0.6) is 0 Å². The van der Waals surface area contributed by atoms with Gasteiger partial charge in [0.2, 0.25) is 5.13 Å².